The lowest BCUT2D eigenvalue weighted by Gasteiger charge is -2.27. The third-order valence-corrected chi connectivity index (χ3v) is 13.0. The minimum atomic E-state index is -1.27. The summed E-state index contributed by atoms with van der Waals surface area (Å²) in [5, 5.41) is 17.3. The highest BCUT2D eigenvalue weighted by Crippen LogP contribution is 2.51. The Morgan fingerprint density at radius 1 is 1.00 bits per heavy atom. The Labute approximate surface area is 298 Å². The molecule has 2 N–H and O–H groups in total. The molecule has 3 aliphatic carbocycles. The van der Waals surface area contributed by atoms with Crippen LogP contribution in [0, 0.1) is 30.6 Å². The van der Waals surface area contributed by atoms with E-state index in [1.807, 2.05) is 32.2 Å². The number of carboxylic acid groups (broad SMARTS) is 1. The van der Waals surface area contributed by atoms with Crippen LogP contribution in [-0.2, 0) is 14.4 Å². The molecular formula is C39H50N4O6S. The topological polar surface area (TPSA) is 131 Å². The van der Waals surface area contributed by atoms with Crippen molar-refractivity contribution in [2.75, 3.05) is 20.7 Å². The number of ether oxygens (including phenoxy) is 2. The lowest BCUT2D eigenvalue weighted by atomic mass is 9.90. The molecule has 3 saturated carbocycles. The van der Waals surface area contributed by atoms with E-state index in [9.17, 15) is 19.5 Å². The molecule has 11 heteroatoms. The van der Waals surface area contributed by atoms with Gasteiger partial charge in [0.05, 0.1) is 40.9 Å². The van der Waals surface area contributed by atoms with Crippen LogP contribution in [0.3, 0.4) is 0 Å². The fourth-order valence-electron chi connectivity index (χ4n) is 8.92. The monoisotopic (exact) mass is 702 g/mol. The summed E-state index contributed by atoms with van der Waals surface area (Å²) in [7, 11) is 3.46. The van der Waals surface area contributed by atoms with E-state index in [4.69, 9.17) is 19.4 Å². The van der Waals surface area contributed by atoms with Crippen LogP contribution in [0.2, 0.25) is 0 Å². The summed E-state index contributed by atoms with van der Waals surface area (Å²) in [6.45, 7) is 4.71. The number of aliphatic carboxylic acids is 1. The Morgan fingerprint density at radius 2 is 1.74 bits per heavy atom. The Bertz CT molecular complexity index is 1770. The van der Waals surface area contributed by atoms with Crippen LogP contribution in [0.1, 0.15) is 100 Å². The molecule has 6 atom stereocenters. The molecule has 50 heavy (non-hydrogen) atoms. The van der Waals surface area contributed by atoms with Gasteiger partial charge in [0.2, 0.25) is 11.8 Å². The Kier molecular flexibility index (Phi) is 9.80. The Morgan fingerprint density at radius 3 is 2.50 bits per heavy atom. The first kappa shape index (κ1) is 34.7. The smallest absolute Gasteiger partial charge is 0.329 e. The van der Waals surface area contributed by atoms with Gasteiger partial charge in [0, 0.05) is 41.9 Å². The van der Waals surface area contributed by atoms with Crippen LogP contribution >= 0.6 is 11.3 Å². The van der Waals surface area contributed by atoms with Crippen molar-refractivity contribution >= 4 is 40.0 Å². The van der Waals surface area contributed by atoms with E-state index >= 15 is 0 Å². The second kappa shape index (κ2) is 14.1. The molecule has 1 saturated heterocycles. The fraction of sp³-hybridized carbons (Fsp3) is 0.615. The molecule has 1 unspecified atom stereocenters. The maximum absolute atomic E-state index is 14.0. The zero-order chi connectivity index (χ0) is 35.2. The van der Waals surface area contributed by atoms with Crippen molar-refractivity contribution in [2.24, 2.45) is 23.7 Å². The third-order valence-electron chi connectivity index (χ3n) is 12.0. The van der Waals surface area contributed by atoms with E-state index in [-0.39, 0.29) is 23.7 Å². The van der Waals surface area contributed by atoms with Crippen molar-refractivity contribution in [1.82, 2.24) is 20.2 Å². The van der Waals surface area contributed by atoms with Crippen LogP contribution in [0.15, 0.2) is 23.6 Å². The maximum atomic E-state index is 14.0. The molecule has 0 radical (unpaired) electrons. The molecule has 3 aromatic rings. The van der Waals surface area contributed by atoms with Gasteiger partial charge < -0.3 is 24.8 Å². The van der Waals surface area contributed by atoms with Gasteiger partial charge in [-0.2, -0.15) is 0 Å². The molecule has 2 aromatic heterocycles. The molecule has 268 valence electrons. The number of hydrogen-bond donors (Lipinski definition) is 2. The number of rotatable bonds is 6. The van der Waals surface area contributed by atoms with Crippen molar-refractivity contribution in [3.8, 4) is 22.9 Å². The lowest BCUT2D eigenvalue weighted by molar-refractivity contribution is -0.146. The molecule has 3 heterocycles. The lowest BCUT2D eigenvalue weighted by Crippen LogP contribution is -2.50. The average Bonchev–Trinajstić information content (AvgIpc) is 3.42. The molecule has 7 rings (SSSR count). The number of benzene rings is 1. The quantitative estimate of drug-likeness (QED) is 0.278. The van der Waals surface area contributed by atoms with E-state index in [1.54, 1.807) is 23.3 Å². The minimum Gasteiger partial charge on any atom is -0.496 e. The van der Waals surface area contributed by atoms with Gasteiger partial charge in [0.1, 0.15) is 23.1 Å². The molecule has 2 amide bonds. The predicted molar refractivity (Wildman–Crippen MR) is 192 cm³/mol. The van der Waals surface area contributed by atoms with Gasteiger partial charge in [-0.05, 0) is 69.4 Å². The standard InChI is InChI=1S/C39H50N4O6S/c1-22-11-7-6-10-16-43(3)37(45)28-18-25(17-27(28)35(44)42-39(38(46)47)20-29(22)39)49-33-19-30(40-34-23(2)32(48-4)15-14-26(33)34)31-21-50-36(41-31)24-12-8-5-9-13-24/h14-15,19,21-22,24-25,27-29H,5-13,16-18,20H2,1-4H3,(H,42,44)(H,46,47)/t22?,25-,27-,28-,29+,39-/m1/s1. The van der Waals surface area contributed by atoms with Gasteiger partial charge in [-0.25, -0.2) is 14.8 Å². The van der Waals surface area contributed by atoms with Crippen molar-refractivity contribution in [3.05, 3.63) is 34.2 Å². The number of fused-ring (bicyclic) bond motifs is 3. The summed E-state index contributed by atoms with van der Waals surface area (Å²) < 4.78 is 12.5. The maximum Gasteiger partial charge on any atom is 0.329 e. The van der Waals surface area contributed by atoms with Crippen LogP contribution in [-0.4, -0.2) is 70.1 Å². The molecule has 4 fully saturated rings. The van der Waals surface area contributed by atoms with Crippen molar-refractivity contribution in [3.63, 3.8) is 0 Å². The van der Waals surface area contributed by atoms with Gasteiger partial charge in [0.15, 0.2) is 0 Å². The second-order valence-electron chi connectivity index (χ2n) is 15.3. The molecule has 0 bridgehead atoms. The van der Waals surface area contributed by atoms with Gasteiger partial charge in [-0.3, -0.25) is 9.59 Å². The molecule has 1 aromatic carbocycles. The summed E-state index contributed by atoms with van der Waals surface area (Å²) in [4.78, 5) is 52.4. The summed E-state index contributed by atoms with van der Waals surface area (Å²) in [6.07, 6.45) is 10.5. The second-order valence-corrected chi connectivity index (χ2v) is 16.2. The first-order chi connectivity index (χ1) is 24.1. The molecule has 4 aliphatic rings. The molecule has 10 nitrogen and oxygen atoms in total. The minimum absolute atomic E-state index is 0.0861. The average molecular weight is 703 g/mol. The number of nitrogens with one attached hydrogen (secondary N) is 1. The van der Waals surface area contributed by atoms with Crippen molar-refractivity contribution in [2.45, 2.75) is 108 Å². The number of methoxy groups -OCH3 is 1. The highest BCUT2D eigenvalue weighted by atomic mass is 32.1. The number of thiazole rings is 1. The molecule has 0 spiro atoms. The number of hydrogen-bond acceptors (Lipinski definition) is 8. The van der Waals surface area contributed by atoms with E-state index in [2.05, 4.69) is 17.6 Å². The van der Waals surface area contributed by atoms with E-state index in [1.165, 1.54) is 32.1 Å². The van der Waals surface area contributed by atoms with Crippen LogP contribution < -0.4 is 14.8 Å². The highest BCUT2D eigenvalue weighted by Gasteiger charge is 2.64. The zero-order valence-corrected chi connectivity index (χ0v) is 30.5. The Hall–Kier alpha value is -3.73. The molecule has 1 aliphatic heterocycles. The number of carbonyl (C=O) groups excluding carboxylic acids is 2. The van der Waals surface area contributed by atoms with Gasteiger partial charge in [-0.1, -0.05) is 45.4 Å². The SMILES string of the molecule is COc1ccc2c(O[C@@H]3C[C@H]4C(=O)N[C@]5(C(=O)O)C[C@H]5C(C)CCCCCN(C)C(=O)[C@@H]4C3)cc(-c3csc(C4CCCCC4)n3)nc2c1C. The number of pyridine rings is 1. The summed E-state index contributed by atoms with van der Waals surface area (Å²) in [5.41, 5.74) is 1.90. The predicted octanol–water partition coefficient (Wildman–Crippen LogP) is 7.12. The highest BCUT2D eigenvalue weighted by molar-refractivity contribution is 7.10. The molecular weight excluding hydrogens is 653 g/mol. The first-order valence-electron chi connectivity index (χ1n) is 18.5. The summed E-state index contributed by atoms with van der Waals surface area (Å²) in [6, 6.07) is 5.80. The van der Waals surface area contributed by atoms with E-state index in [0.717, 1.165) is 58.6 Å². The van der Waals surface area contributed by atoms with Gasteiger partial charge in [-0.15, -0.1) is 11.3 Å². The van der Waals surface area contributed by atoms with Crippen LogP contribution in [0.4, 0.5) is 0 Å². The first-order valence-corrected chi connectivity index (χ1v) is 19.4. The fourth-order valence-corrected chi connectivity index (χ4v) is 9.90. The van der Waals surface area contributed by atoms with Crippen LogP contribution in [0.25, 0.3) is 22.3 Å². The van der Waals surface area contributed by atoms with E-state index < -0.39 is 29.4 Å². The Balaban J connectivity index is 1.21. The summed E-state index contributed by atoms with van der Waals surface area (Å²) >= 11 is 1.69. The number of nitrogens with zero attached hydrogens (tertiary/aromatic N) is 3. The third kappa shape index (κ3) is 6.58. The number of carbonyl (C=O) groups is 3. The summed E-state index contributed by atoms with van der Waals surface area (Å²) in [5.74, 6) is -0.829. The largest absolute Gasteiger partial charge is 0.496 e. The van der Waals surface area contributed by atoms with Crippen molar-refractivity contribution in [1.29, 1.82) is 0 Å². The van der Waals surface area contributed by atoms with Crippen molar-refractivity contribution < 1.29 is 29.0 Å². The number of carboxylic acids is 1. The normalized spacial score (nSPS) is 29.5. The number of aromatic nitrogens is 2. The van der Waals surface area contributed by atoms with Crippen LogP contribution in [0.5, 0.6) is 11.5 Å². The van der Waals surface area contributed by atoms with E-state index in [0.29, 0.717) is 43.2 Å². The van der Waals surface area contributed by atoms with Gasteiger partial charge >= 0.3 is 5.97 Å². The number of amides is 2. The number of aryl methyl sites for hydroxylation is 1. The van der Waals surface area contributed by atoms with Gasteiger partial charge in [0.25, 0.3) is 0 Å². The zero-order valence-electron chi connectivity index (χ0n) is 29.7.